The summed E-state index contributed by atoms with van der Waals surface area (Å²) in [7, 11) is 0. The molecule has 0 bridgehead atoms. The van der Waals surface area contributed by atoms with Crippen molar-refractivity contribution in [2.75, 3.05) is 6.61 Å². The summed E-state index contributed by atoms with van der Waals surface area (Å²) in [5.74, 6) is 0.411. The molecule has 0 aromatic heterocycles. The zero-order chi connectivity index (χ0) is 22.0. The Labute approximate surface area is 185 Å². The van der Waals surface area contributed by atoms with Gasteiger partial charge in [-0.15, -0.1) is 0 Å². The van der Waals surface area contributed by atoms with Crippen LogP contribution in [0.5, 0.6) is 0 Å². The molecule has 5 atom stereocenters. The molecule has 1 aliphatic carbocycles. The van der Waals surface area contributed by atoms with E-state index in [1.165, 1.54) is 25.7 Å². The largest absolute Gasteiger partial charge is 0.396 e. The van der Waals surface area contributed by atoms with Crippen LogP contribution in [0.4, 0.5) is 0 Å². The van der Waals surface area contributed by atoms with Crippen LogP contribution < -0.4 is 0 Å². The molecule has 3 unspecified atom stereocenters. The van der Waals surface area contributed by atoms with E-state index in [0.717, 1.165) is 64.2 Å². The van der Waals surface area contributed by atoms with E-state index in [2.05, 4.69) is 24.3 Å². The molecule has 1 saturated carbocycles. The molecule has 0 spiro atoms. The third-order valence-corrected chi connectivity index (χ3v) is 6.59. The van der Waals surface area contributed by atoms with Gasteiger partial charge in [-0.05, 0) is 82.5 Å². The Balaban J connectivity index is 2.11. The maximum atomic E-state index is 10.4. The minimum absolute atomic E-state index is 0.151. The van der Waals surface area contributed by atoms with Gasteiger partial charge in [0.1, 0.15) is 0 Å². The van der Waals surface area contributed by atoms with Crippen LogP contribution in [-0.4, -0.2) is 45.3 Å². The zero-order valence-corrected chi connectivity index (χ0v) is 19.3. The Bertz CT molecular complexity index is 448. The first-order chi connectivity index (χ1) is 14.6. The van der Waals surface area contributed by atoms with Gasteiger partial charge in [0.2, 0.25) is 0 Å². The van der Waals surface area contributed by atoms with Gasteiger partial charge in [0, 0.05) is 6.61 Å². The maximum absolute atomic E-state index is 10.4. The van der Waals surface area contributed by atoms with Gasteiger partial charge in [-0.3, -0.25) is 0 Å². The minimum atomic E-state index is -0.377. The lowest BCUT2D eigenvalue weighted by atomic mass is 9.86. The summed E-state index contributed by atoms with van der Waals surface area (Å²) in [5.41, 5.74) is 0. The summed E-state index contributed by atoms with van der Waals surface area (Å²) in [4.78, 5) is 0. The van der Waals surface area contributed by atoms with Crippen LogP contribution in [0.2, 0.25) is 0 Å². The number of hydrogen-bond acceptors (Lipinski definition) is 4. The van der Waals surface area contributed by atoms with Crippen molar-refractivity contribution in [1.29, 1.82) is 0 Å². The third-order valence-electron chi connectivity index (χ3n) is 6.59. The van der Waals surface area contributed by atoms with Crippen LogP contribution in [0.1, 0.15) is 103 Å². The van der Waals surface area contributed by atoms with Crippen molar-refractivity contribution in [3.63, 3.8) is 0 Å². The molecular weight excluding hydrogens is 376 g/mol. The minimum Gasteiger partial charge on any atom is -0.396 e. The molecule has 0 aromatic rings. The van der Waals surface area contributed by atoms with Crippen LogP contribution in [0.25, 0.3) is 0 Å². The summed E-state index contributed by atoms with van der Waals surface area (Å²) >= 11 is 0. The van der Waals surface area contributed by atoms with Crippen molar-refractivity contribution >= 4 is 0 Å². The van der Waals surface area contributed by atoms with E-state index in [-0.39, 0.29) is 36.8 Å². The van der Waals surface area contributed by atoms with Gasteiger partial charge in [-0.25, -0.2) is 0 Å². The molecule has 0 heterocycles. The van der Waals surface area contributed by atoms with E-state index in [1.807, 2.05) is 6.92 Å². The van der Waals surface area contributed by atoms with E-state index in [9.17, 15) is 15.3 Å². The molecule has 4 heteroatoms. The molecule has 1 fully saturated rings. The smallest absolute Gasteiger partial charge is 0.0599 e. The SMILES string of the molecule is CCC(O)CC/C=C/CCCCCCCC1C(C/C=C\CCCCO)[C@H](O)C[C@@H]1O. The highest BCUT2D eigenvalue weighted by molar-refractivity contribution is 4.96. The maximum Gasteiger partial charge on any atom is 0.0599 e. The number of allylic oxidation sites excluding steroid dienone is 4. The highest BCUT2D eigenvalue weighted by Gasteiger charge is 2.40. The fourth-order valence-electron chi connectivity index (χ4n) is 4.55. The van der Waals surface area contributed by atoms with Crippen LogP contribution >= 0.6 is 0 Å². The summed E-state index contributed by atoms with van der Waals surface area (Å²) in [5, 5.41) is 39.0. The highest BCUT2D eigenvalue weighted by atomic mass is 16.3. The van der Waals surface area contributed by atoms with Crippen LogP contribution in [0.3, 0.4) is 0 Å². The fourth-order valence-corrected chi connectivity index (χ4v) is 4.55. The average Bonchev–Trinajstić information content (AvgIpc) is 3.00. The molecule has 1 aliphatic rings. The van der Waals surface area contributed by atoms with Crippen molar-refractivity contribution in [2.24, 2.45) is 11.8 Å². The summed E-state index contributed by atoms with van der Waals surface area (Å²) in [6.07, 6.45) is 23.0. The number of rotatable bonds is 18. The first-order valence-electron chi connectivity index (χ1n) is 12.5. The Morgan fingerprint density at radius 2 is 1.37 bits per heavy atom. The van der Waals surface area contributed by atoms with E-state index < -0.39 is 0 Å². The first kappa shape index (κ1) is 27.4. The second kappa shape index (κ2) is 17.9. The molecule has 0 saturated heterocycles. The molecule has 4 N–H and O–H groups in total. The normalized spacial score (nSPS) is 25.6. The second-order valence-corrected chi connectivity index (χ2v) is 9.08. The topological polar surface area (TPSA) is 80.9 Å². The molecule has 0 amide bonds. The number of unbranched alkanes of at least 4 members (excludes halogenated alkanes) is 7. The zero-order valence-electron chi connectivity index (χ0n) is 19.3. The van der Waals surface area contributed by atoms with Crippen molar-refractivity contribution in [1.82, 2.24) is 0 Å². The van der Waals surface area contributed by atoms with E-state index in [4.69, 9.17) is 5.11 Å². The Morgan fingerprint density at radius 3 is 2.10 bits per heavy atom. The monoisotopic (exact) mass is 424 g/mol. The van der Waals surface area contributed by atoms with Crippen molar-refractivity contribution in [3.8, 4) is 0 Å². The summed E-state index contributed by atoms with van der Waals surface area (Å²) < 4.78 is 0. The molecule has 4 nitrogen and oxygen atoms in total. The quantitative estimate of drug-likeness (QED) is 0.178. The Hall–Kier alpha value is -0.680. The lowest BCUT2D eigenvalue weighted by Gasteiger charge is -2.22. The summed E-state index contributed by atoms with van der Waals surface area (Å²) in [6.45, 7) is 2.27. The van der Waals surface area contributed by atoms with Gasteiger partial charge in [-0.1, -0.05) is 56.9 Å². The average molecular weight is 425 g/mol. The number of aliphatic hydroxyl groups is 4. The third kappa shape index (κ3) is 12.2. The van der Waals surface area contributed by atoms with Gasteiger partial charge in [-0.2, -0.15) is 0 Å². The standard InChI is InChI=1S/C26H48O4/c1-2-22(28)17-13-9-6-4-3-5-7-10-14-18-23-24(26(30)21-25(23)29)19-15-11-8-12-16-20-27/h6,9,11,15,22-30H,2-5,7-8,10,12-14,16-21H2,1H3/b9-6+,15-11-/t22?,23?,24?,25-,26+/m0/s1. The van der Waals surface area contributed by atoms with Crippen molar-refractivity contribution in [3.05, 3.63) is 24.3 Å². The van der Waals surface area contributed by atoms with Crippen molar-refractivity contribution < 1.29 is 20.4 Å². The molecule has 0 aliphatic heterocycles. The predicted octanol–water partition coefficient (Wildman–Crippen LogP) is 5.29. The lowest BCUT2D eigenvalue weighted by Crippen LogP contribution is -2.21. The molecule has 176 valence electrons. The molecule has 0 radical (unpaired) electrons. The Kier molecular flexibility index (Phi) is 16.4. The predicted molar refractivity (Wildman–Crippen MR) is 125 cm³/mol. The first-order valence-corrected chi connectivity index (χ1v) is 12.5. The van der Waals surface area contributed by atoms with E-state index in [1.54, 1.807) is 0 Å². The lowest BCUT2D eigenvalue weighted by molar-refractivity contribution is 0.108. The van der Waals surface area contributed by atoms with E-state index >= 15 is 0 Å². The molecule has 1 rings (SSSR count). The van der Waals surface area contributed by atoms with Crippen LogP contribution in [-0.2, 0) is 0 Å². The summed E-state index contributed by atoms with van der Waals surface area (Å²) in [6, 6.07) is 0. The highest BCUT2D eigenvalue weighted by Crippen LogP contribution is 2.38. The van der Waals surface area contributed by atoms with Crippen molar-refractivity contribution in [2.45, 2.75) is 122 Å². The fraction of sp³-hybridized carbons (Fsp3) is 0.846. The van der Waals surface area contributed by atoms with Gasteiger partial charge in [0.25, 0.3) is 0 Å². The van der Waals surface area contributed by atoms with Gasteiger partial charge in [0.05, 0.1) is 18.3 Å². The molecular formula is C26H48O4. The molecule has 0 aromatic carbocycles. The van der Waals surface area contributed by atoms with E-state index in [0.29, 0.717) is 6.42 Å². The second-order valence-electron chi connectivity index (χ2n) is 9.08. The van der Waals surface area contributed by atoms with Gasteiger partial charge < -0.3 is 20.4 Å². The Morgan fingerprint density at radius 1 is 0.767 bits per heavy atom. The number of hydrogen-bond donors (Lipinski definition) is 4. The van der Waals surface area contributed by atoms with Gasteiger partial charge in [0.15, 0.2) is 0 Å². The van der Waals surface area contributed by atoms with Crippen LogP contribution in [0, 0.1) is 11.8 Å². The van der Waals surface area contributed by atoms with Gasteiger partial charge >= 0.3 is 0 Å². The van der Waals surface area contributed by atoms with Crippen LogP contribution in [0.15, 0.2) is 24.3 Å². The molecule has 30 heavy (non-hydrogen) atoms. The number of aliphatic hydroxyl groups excluding tert-OH is 4.